The van der Waals surface area contributed by atoms with Crippen LogP contribution in [-0.4, -0.2) is 18.2 Å². The summed E-state index contributed by atoms with van der Waals surface area (Å²) in [5, 5.41) is 3.96. The molecule has 0 fully saturated rings. The Morgan fingerprint density at radius 3 is 2.50 bits per heavy atom. The van der Waals surface area contributed by atoms with Crippen LogP contribution in [0.1, 0.15) is 5.56 Å². The zero-order valence-corrected chi connectivity index (χ0v) is 10.7. The Morgan fingerprint density at radius 2 is 1.94 bits per heavy atom. The number of anilines is 2. The first-order chi connectivity index (χ1) is 8.44. The van der Waals surface area contributed by atoms with Crippen molar-refractivity contribution in [1.82, 2.24) is 9.78 Å². The first kappa shape index (κ1) is 12.4. The largest absolute Gasteiger partial charge is 0.399 e. The van der Waals surface area contributed by atoms with Crippen molar-refractivity contribution in [2.45, 2.75) is 5.75 Å². The van der Waals surface area contributed by atoms with Crippen molar-refractivity contribution in [3.8, 4) is 0 Å². The fourth-order valence-electron chi connectivity index (χ4n) is 1.50. The second-order valence-corrected chi connectivity index (χ2v) is 5.70. The monoisotopic (exact) mass is 266 g/mol. The van der Waals surface area contributed by atoms with Gasteiger partial charge in [0.05, 0.1) is 5.75 Å². The standard InChI is InChI=1S/C11H14N4O2S/c1-15-7-6-11(13-15)14-18(16,17)8-9-2-4-10(12)5-3-9/h2-7H,8,12H2,1H3,(H,13,14). The van der Waals surface area contributed by atoms with E-state index in [2.05, 4.69) is 9.82 Å². The molecule has 1 aromatic heterocycles. The molecule has 1 heterocycles. The smallest absolute Gasteiger partial charge is 0.238 e. The number of nitrogen functional groups attached to an aromatic ring is 1. The van der Waals surface area contributed by atoms with E-state index in [1.54, 1.807) is 43.6 Å². The van der Waals surface area contributed by atoms with E-state index < -0.39 is 10.0 Å². The van der Waals surface area contributed by atoms with Crippen LogP contribution in [0.15, 0.2) is 36.5 Å². The number of aryl methyl sites for hydroxylation is 1. The average Bonchev–Trinajstić information content (AvgIpc) is 2.66. The molecule has 0 aliphatic rings. The van der Waals surface area contributed by atoms with Crippen molar-refractivity contribution in [3.05, 3.63) is 42.1 Å². The van der Waals surface area contributed by atoms with Crippen LogP contribution in [-0.2, 0) is 22.8 Å². The molecule has 0 aliphatic heterocycles. The summed E-state index contributed by atoms with van der Waals surface area (Å²) in [7, 11) is -1.73. The van der Waals surface area contributed by atoms with Gasteiger partial charge in [0.2, 0.25) is 10.0 Å². The fourth-order valence-corrected chi connectivity index (χ4v) is 2.63. The maximum absolute atomic E-state index is 11.9. The lowest BCUT2D eigenvalue weighted by molar-refractivity contribution is 0.600. The molecule has 0 spiro atoms. The molecule has 1 aromatic carbocycles. The van der Waals surface area contributed by atoms with Crippen molar-refractivity contribution in [2.24, 2.45) is 7.05 Å². The summed E-state index contributed by atoms with van der Waals surface area (Å²) >= 11 is 0. The van der Waals surface area contributed by atoms with E-state index in [1.165, 1.54) is 4.68 Å². The highest BCUT2D eigenvalue weighted by molar-refractivity contribution is 7.91. The van der Waals surface area contributed by atoms with E-state index in [0.29, 0.717) is 17.1 Å². The third-order valence-electron chi connectivity index (χ3n) is 2.31. The molecule has 0 radical (unpaired) electrons. The summed E-state index contributed by atoms with van der Waals surface area (Å²) in [4.78, 5) is 0. The van der Waals surface area contributed by atoms with Gasteiger partial charge in [0.1, 0.15) is 0 Å². The molecule has 96 valence electrons. The summed E-state index contributed by atoms with van der Waals surface area (Å²) in [6.07, 6.45) is 1.67. The van der Waals surface area contributed by atoms with Gasteiger partial charge in [-0.3, -0.25) is 9.40 Å². The highest BCUT2D eigenvalue weighted by Gasteiger charge is 2.12. The average molecular weight is 266 g/mol. The second kappa shape index (κ2) is 4.69. The molecule has 0 saturated carbocycles. The third-order valence-corrected chi connectivity index (χ3v) is 3.54. The van der Waals surface area contributed by atoms with Gasteiger partial charge in [-0.15, -0.1) is 0 Å². The van der Waals surface area contributed by atoms with E-state index in [1.807, 2.05) is 0 Å². The summed E-state index contributed by atoms with van der Waals surface area (Å²) in [6, 6.07) is 8.32. The van der Waals surface area contributed by atoms with Crippen LogP contribution in [0, 0.1) is 0 Å². The highest BCUT2D eigenvalue weighted by atomic mass is 32.2. The molecule has 6 nitrogen and oxygen atoms in total. The molecule has 18 heavy (non-hydrogen) atoms. The van der Waals surface area contributed by atoms with Crippen molar-refractivity contribution in [1.29, 1.82) is 0 Å². The van der Waals surface area contributed by atoms with Gasteiger partial charge in [-0.2, -0.15) is 5.10 Å². The molecule has 0 unspecified atom stereocenters. The molecule has 3 N–H and O–H groups in total. The van der Waals surface area contributed by atoms with E-state index in [0.717, 1.165) is 0 Å². The van der Waals surface area contributed by atoms with Gasteiger partial charge in [0, 0.05) is 25.0 Å². The van der Waals surface area contributed by atoms with Crippen LogP contribution in [0.25, 0.3) is 0 Å². The minimum absolute atomic E-state index is 0.107. The van der Waals surface area contributed by atoms with Gasteiger partial charge >= 0.3 is 0 Å². The lowest BCUT2D eigenvalue weighted by Crippen LogP contribution is -2.15. The van der Waals surface area contributed by atoms with Crippen molar-refractivity contribution >= 4 is 21.5 Å². The van der Waals surface area contributed by atoms with E-state index >= 15 is 0 Å². The van der Waals surface area contributed by atoms with Gasteiger partial charge in [-0.1, -0.05) is 12.1 Å². The molecule has 2 rings (SSSR count). The van der Waals surface area contributed by atoms with Crippen LogP contribution in [0.4, 0.5) is 11.5 Å². The van der Waals surface area contributed by atoms with Crippen LogP contribution < -0.4 is 10.5 Å². The number of hydrogen-bond acceptors (Lipinski definition) is 4. The maximum atomic E-state index is 11.9. The zero-order chi connectivity index (χ0) is 13.2. The molecular weight excluding hydrogens is 252 g/mol. The Labute approximate surface area is 105 Å². The molecule has 2 aromatic rings. The van der Waals surface area contributed by atoms with Crippen LogP contribution >= 0.6 is 0 Å². The number of hydrogen-bond donors (Lipinski definition) is 2. The Balaban J connectivity index is 2.10. The number of benzene rings is 1. The minimum Gasteiger partial charge on any atom is -0.399 e. The number of aromatic nitrogens is 2. The molecular formula is C11H14N4O2S. The van der Waals surface area contributed by atoms with Crippen molar-refractivity contribution < 1.29 is 8.42 Å². The molecule has 0 saturated heterocycles. The van der Waals surface area contributed by atoms with E-state index in [9.17, 15) is 8.42 Å². The van der Waals surface area contributed by atoms with Gasteiger partial charge in [-0.25, -0.2) is 8.42 Å². The van der Waals surface area contributed by atoms with Gasteiger partial charge < -0.3 is 5.73 Å². The first-order valence-corrected chi connectivity index (χ1v) is 6.94. The summed E-state index contributed by atoms with van der Waals surface area (Å²) in [5.74, 6) is 0.206. The van der Waals surface area contributed by atoms with Gasteiger partial charge in [-0.05, 0) is 17.7 Å². The highest BCUT2D eigenvalue weighted by Crippen LogP contribution is 2.12. The van der Waals surface area contributed by atoms with E-state index in [-0.39, 0.29) is 5.75 Å². The molecule has 0 amide bonds. The number of sulfonamides is 1. The number of nitrogens with zero attached hydrogens (tertiary/aromatic N) is 2. The SMILES string of the molecule is Cn1ccc(NS(=O)(=O)Cc2ccc(N)cc2)n1. The quantitative estimate of drug-likeness (QED) is 0.806. The number of nitrogens with two attached hydrogens (primary N) is 1. The van der Waals surface area contributed by atoms with E-state index in [4.69, 9.17) is 5.73 Å². The Morgan fingerprint density at radius 1 is 1.28 bits per heavy atom. The lowest BCUT2D eigenvalue weighted by atomic mass is 10.2. The predicted octanol–water partition coefficient (Wildman–Crippen LogP) is 0.944. The Kier molecular flexibility index (Phi) is 3.24. The molecule has 0 aliphatic carbocycles. The second-order valence-electron chi connectivity index (χ2n) is 3.98. The van der Waals surface area contributed by atoms with Gasteiger partial charge in [0.25, 0.3) is 0 Å². The van der Waals surface area contributed by atoms with Crippen LogP contribution in [0.2, 0.25) is 0 Å². The molecule has 7 heteroatoms. The predicted molar refractivity (Wildman–Crippen MR) is 70.3 cm³/mol. The lowest BCUT2D eigenvalue weighted by Gasteiger charge is -2.05. The third kappa shape index (κ3) is 3.24. The summed E-state index contributed by atoms with van der Waals surface area (Å²) in [6.45, 7) is 0. The van der Waals surface area contributed by atoms with Crippen molar-refractivity contribution in [2.75, 3.05) is 10.5 Å². The maximum Gasteiger partial charge on any atom is 0.238 e. The van der Waals surface area contributed by atoms with Crippen molar-refractivity contribution in [3.63, 3.8) is 0 Å². The normalized spacial score (nSPS) is 11.4. The number of rotatable bonds is 4. The van der Waals surface area contributed by atoms with Crippen LogP contribution in [0.3, 0.4) is 0 Å². The fraction of sp³-hybridized carbons (Fsp3) is 0.182. The first-order valence-electron chi connectivity index (χ1n) is 5.29. The molecule has 0 atom stereocenters. The topological polar surface area (TPSA) is 90.0 Å². The summed E-state index contributed by atoms with van der Waals surface area (Å²) < 4.78 is 27.7. The van der Waals surface area contributed by atoms with Crippen LogP contribution in [0.5, 0.6) is 0 Å². The van der Waals surface area contributed by atoms with Gasteiger partial charge in [0.15, 0.2) is 5.82 Å². The molecule has 0 bridgehead atoms. The summed E-state index contributed by atoms with van der Waals surface area (Å²) in [5.41, 5.74) is 6.82. The minimum atomic E-state index is -3.45. The number of nitrogens with one attached hydrogen (secondary N) is 1. The Hall–Kier alpha value is -2.02. The zero-order valence-electron chi connectivity index (χ0n) is 9.87. The Bertz CT molecular complexity index is 631.